The first kappa shape index (κ1) is 18.7. The first-order valence-electron chi connectivity index (χ1n) is 9.34. The maximum Gasteiger partial charge on any atom is 0.234 e. The number of carbonyl (C=O) groups is 1. The Morgan fingerprint density at radius 3 is 2.77 bits per heavy atom. The van der Waals surface area contributed by atoms with Crippen molar-refractivity contribution < 1.29 is 4.79 Å². The Labute approximate surface area is 159 Å². The van der Waals surface area contributed by atoms with Gasteiger partial charge in [0, 0.05) is 25.0 Å². The van der Waals surface area contributed by atoms with Gasteiger partial charge in [0.05, 0.1) is 5.75 Å². The summed E-state index contributed by atoms with van der Waals surface area (Å²) in [6.45, 7) is 4.20. The van der Waals surface area contributed by atoms with Crippen LogP contribution >= 0.6 is 11.8 Å². The van der Waals surface area contributed by atoms with Gasteiger partial charge in [-0.15, -0.1) is 0 Å². The van der Waals surface area contributed by atoms with Gasteiger partial charge in [0.25, 0.3) is 0 Å². The predicted octanol–water partition coefficient (Wildman–Crippen LogP) is 4.15. The maximum atomic E-state index is 12.2. The molecule has 26 heavy (non-hydrogen) atoms. The van der Waals surface area contributed by atoms with E-state index in [9.17, 15) is 4.79 Å². The third-order valence-electron chi connectivity index (χ3n) is 4.50. The zero-order chi connectivity index (χ0) is 18.2. The summed E-state index contributed by atoms with van der Waals surface area (Å²) in [5.74, 6) is 1.24. The van der Waals surface area contributed by atoms with Crippen LogP contribution in [0.2, 0.25) is 0 Å². The number of aryl methyl sites for hydroxylation is 1. The van der Waals surface area contributed by atoms with Crippen LogP contribution in [0.25, 0.3) is 0 Å². The highest BCUT2D eigenvalue weighted by Gasteiger charge is 2.13. The lowest BCUT2D eigenvalue weighted by molar-refractivity contribution is -0.113. The number of hydrogen-bond acceptors (Lipinski definition) is 5. The Bertz CT molecular complexity index is 729. The van der Waals surface area contributed by atoms with Crippen LogP contribution in [0.15, 0.2) is 41.7 Å². The monoisotopic (exact) mass is 370 g/mol. The van der Waals surface area contributed by atoms with Gasteiger partial charge in [-0.3, -0.25) is 4.79 Å². The van der Waals surface area contributed by atoms with Gasteiger partial charge >= 0.3 is 0 Å². The molecule has 0 atom stereocenters. The molecule has 0 unspecified atom stereocenters. The Hall–Kier alpha value is -2.08. The molecule has 2 heterocycles. The van der Waals surface area contributed by atoms with Crippen LogP contribution < -0.4 is 10.2 Å². The Kier molecular flexibility index (Phi) is 6.89. The lowest BCUT2D eigenvalue weighted by atomic mass is 10.1. The van der Waals surface area contributed by atoms with Crippen molar-refractivity contribution in [3.8, 4) is 0 Å². The molecule has 138 valence electrons. The fourth-order valence-corrected chi connectivity index (χ4v) is 3.70. The Balaban J connectivity index is 1.55. The van der Waals surface area contributed by atoms with Crippen LogP contribution in [0.4, 0.5) is 11.5 Å². The minimum atomic E-state index is -0.0352. The average Bonchev–Trinajstić information content (AvgIpc) is 2.96. The molecule has 1 aliphatic rings. The first-order chi connectivity index (χ1) is 12.7. The summed E-state index contributed by atoms with van der Waals surface area (Å²) in [7, 11) is 0. The summed E-state index contributed by atoms with van der Waals surface area (Å²) < 4.78 is 0. The van der Waals surface area contributed by atoms with Crippen molar-refractivity contribution >= 4 is 29.2 Å². The minimum absolute atomic E-state index is 0.0352. The van der Waals surface area contributed by atoms with Gasteiger partial charge in [-0.1, -0.05) is 43.7 Å². The molecule has 1 aromatic heterocycles. The molecule has 1 aromatic carbocycles. The van der Waals surface area contributed by atoms with E-state index in [1.54, 1.807) is 6.20 Å². The van der Waals surface area contributed by atoms with Gasteiger partial charge in [-0.2, -0.15) is 0 Å². The van der Waals surface area contributed by atoms with Crippen molar-refractivity contribution in [3.63, 3.8) is 0 Å². The van der Waals surface area contributed by atoms with E-state index in [1.165, 1.54) is 43.0 Å². The smallest absolute Gasteiger partial charge is 0.234 e. The molecule has 0 radical (unpaired) electrons. The third-order valence-corrected chi connectivity index (χ3v) is 5.36. The van der Waals surface area contributed by atoms with Crippen LogP contribution in [-0.2, 0) is 11.2 Å². The standard InChI is InChI=1S/C20H26N4OS/c1-2-16-8-7-9-17(14-16)22-19(25)15-26-20-21-11-10-18(23-20)24-12-5-3-4-6-13-24/h7-11,14H,2-6,12-13,15H2,1H3,(H,22,25). The lowest BCUT2D eigenvalue weighted by Crippen LogP contribution is -2.25. The van der Waals surface area contributed by atoms with E-state index in [0.717, 1.165) is 31.0 Å². The second-order valence-electron chi connectivity index (χ2n) is 6.49. The summed E-state index contributed by atoms with van der Waals surface area (Å²) in [4.78, 5) is 23.5. The fourth-order valence-electron chi connectivity index (χ4n) is 3.07. The number of amides is 1. The number of aromatic nitrogens is 2. The highest BCUT2D eigenvalue weighted by atomic mass is 32.2. The van der Waals surface area contributed by atoms with E-state index in [2.05, 4.69) is 33.2 Å². The van der Waals surface area contributed by atoms with E-state index < -0.39 is 0 Å². The summed E-state index contributed by atoms with van der Waals surface area (Å²) >= 11 is 1.38. The molecule has 3 rings (SSSR count). The predicted molar refractivity (Wildman–Crippen MR) is 108 cm³/mol. The molecule has 1 saturated heterocycles. The number of carbonyl (C=O) groups excluding carboxylic acids is 1. The van der Waals surface area contributed by atoms with Gasteiger partial charge in [-0.25, -0.2) is 9.97 Å². The number of anilines is 2. The minimum Gasteiger partial charge on any atom is -0.356 e. The zero-order valence-corrected chi connectivity index (χ0v) is 16.1. The van der Waals surface area contributed by atoms with Crippen LogP contribution in [-0.4, -0.2) is 34.7 Å². The molecule has 1 N–H and O–H groups in total. The van der Waals surface area contributed by atoms with Crippen LogP contribution in [0.3, 0.4) is 0 Å². The van der Waals surface area contributed by atoms with Crippen LogP contribution in [0.1, 0.15) is 38.2 Å². The van der Waals surface area contributed by atoms with Gasteiger partial charge in [0.15, 0.2) is 5.16 Å². The molecule has 0 bridgehead atoms. The van der Waals surface area contributed by atoms with Gasteiger partial charge < -0.3 is 10.2 Å². The number of thioether (sulfide) groups is 1. The number of rotatable bonds is 6. The second-order valence-corrected chi connectivity index (χ2v) is 7.43. The van der Waals surface area contributed by atoms with Gasteiger partial charge in [0.2, 0.25) is 5.91 Å². The van der Waals surface area contributed by atoms with Crippen molar-refractivity contribution in [1.29, 1.82) is 0 Å². The summed E-state index contributed by atoms with van der Waals surface area (Å²) in [5.41, 5.74) is 2.05. The number of benzene rings is 1. The van der Waals surface area contributed by atoms with Gasteiger partial charge in [-0.05, 0) is 43.0 Å². The molecule has 1 amide bonds. The molecular formula is C20H26N4OS. The number of hydrogen-bond donors (Lipinski definition) is 1. The van der Waals surface area contributed by atoms with E-state index in [4.69, 9.17) is 0 Å². The van der Waals surface area contributed by atoms with Crippen molar-refractivity contribution in [1.82, 2.24) is 9.97 Å². The van der Waals surface area contributed by atoms with Crippen LogP contribution in [0, 0.1) is 0 Å². The molecule has 1 fully saturated rings. The first-order valence-corrected chi connectivity index (χ1v) is 10.3. The SMILES string of the molecule is CCc1cccc(NC(=O)CSc2nccc(N3CCCCCC3)n2)c1. The molecule has 0 spiro atoms. The third kappa shape index (κ3) is 5.46. The molecule has 2 aromatic rings. The molecule has 1 aliphatic heterocycles. The van der Waals surface area contributed by atoms with E-state index in [0.29, 0.717) is 10.9 Å². The molecule has 0 aliphatic carbocycles. The largest absolute Gasteiger partial charge is 0.356 e. The Morgan fingerprint density at radius 2 is 2.00 bits per heavy atom. The summed E-state index contributed by atoms with van der Waals surface area (Å²) in [6, 6.07) is 9.92. The molecule has 0 saturated carbocycles. The van der Waals surface area contributed by atoms with Crippen LogP contribution in [0.5, 0.6) is 0 Å². The van der Waals surface area contributed by atoms with E-state index in [1.807, 2.05) is 24.3 Å². The topological polar surface area (TPSA) is 58.1 Å². The van der Waals surface area contributed by atoms with Crippen molar-refractivity contribution in [2.75, 3.05) is 29.1 Å². The molecule has 6 heteroatoms. The molecular weight excluding hydrogens is 344 g/mol. The van der Waals surface area contributed by atoms with Crippen molar-refractivity contribution in [2.45, 2.75) is 44.2 Å². The summed E-state index contributed by atoms with van der Waals surface area (Å²) in [5, 5.41) is 3.60. The van der Waals surface area contributed by atoms with Crippen molar-refractivity contribution in [2.24, 2.45) is 0 Å². The zero-order valence-electron chi connectivity index (χ0n) is 15.3. The highest BCUT2D eigenvalue weighted by Crippen LogP contribution is 2.21. The normalized spacial score (nSPS) is 14.7. The van der Waals surface area contributed by atoms with E-state index >= 15 is 0 Å². The number of nitrogens with zero attached hydrogens (tertiary/aromatic N) is 3. The molecule has 5 nitrogen and oxygen atoms in total. The average molecular weight is 371 g/mol. The highest BCUT2D eigenvalue weighted by molar-refractivity contribution is 7.99. The quantitative estimate of drug-likeness (QED) is 0.611. The fraction of sp³-hybridized carbons (Fsp3) is 0.450. The maximum absolute atomic E-state index is 12.2. The Morgan fingerprint density at radius 1 is 1.19 bits per heavy atom. The second kappa shape index (κ2) is 9.57. The van der Waals surface area contributed by atoms with Crippen molar-refractivity contribution in [3.05, 3.63) is 42.1 Å². The summed E-state index contributed by atoms with van der Waals surface area (Å²) in [6.07, 6.45) is 7.76. The lowest BCUT2D eigenvalue weighted by Gasteiger charge is -2.21. The number of nitrogens with one attached hydrogen (secondary N) is 1. The van der Waals surface area contributed by atoms with Gasteiger partial charge in [0.1, 0.15) is 5.82 Å². The van der Waals surface area contributed by atoms with E-state index in [-0.39, 0.29) is 5.91 Å².